The highest BCUT2D eigenvalue weighted by atomic mass is 16.6. The van der Waals surface area contributed by atoms with Gasteiger partial charge in [-0.3, -0.25) is 14.9 Å². The van der Waals surface area contributed by atoms with Gasteiger partial charge in [0.25, 0.3) is 11.6 Å². The number of ether oxygens (including phenoxy) is 1. The Bertz CT molecular complexity index is 728. The molecule has 0 saturated carbocycles. The minimum atomic E-state index is -0.494. The molecule has 0 unspecified atom stereocenters. The molecule has 0 aliphatic rings. The summed E-state index contributed by atoms with van der Waals surface area (Å²) < 4.78 is 5.03. The molecule has 0 spiro atoms. The molecule has 0 bridgehead atoms. The van der Waals surface area contributed by atoms with Crippen molar-refractivity contribution in [3.8, 4) is 5.75 Å². The highest BCUT2D eigenvalue weighted by Gasteiger charge is 2.06. The van der Waals surface area contributed by atoms with E-state index in [4.69, 9.17) is 4.74 Å². The number of hydrogen-bond donors (Lipinski definition) is 1. The summed E-state index contributed by atoms with van der Waals surface area (Å²) in [6.07, 6.45) is 1.34. The largest absolute Gasteiger partial charge is 0.497 e. The lowest BCUT2D eigenvalue weighted by molar-refractivity contribution is -0.384. The number of nitro groups is 1. The van der Waals surface area contributed by atoms with E-state index in [-0.39, 0.29) is 5.69 Å². The van der Waals surface area contributed by atoms with Crippen LogP contribution in [0, 0.1) is 10.1 Å². The Morgan fingerprint density at radius 2 is 2.05 bits per heavy atom. The number of carbonyl (C=O) groups is 1. The number of non-ortho nitro benzene ring substituents is 1. The molecule has 0 atom stereocenters. The molecule has 0 heterocycles. The summed E-state index contributed by atoms with van der Waals surface area (Å²) in [6, 6.07) is 12.6. The van der Waals surface area contributed by atoms with Crippen molar-refractivity contribution in [2.75, 3.05) is 7.11 Å². The monoisotopic (exact) mass is 299 g/mol. The van der Waals surface area contributed by atoms with Gasteiger partial charge in [-0.25, -0.2) is 5.43 Å². The lowest BCUT2D eigenvalue weighted by atomic mass is 10.2. The molecule has 1 amide bonds. The first kappa shape index (κ1) is 15.2. The molecule has 0 radical (unpaired) electrons. The van der Waals surface area contributed by atoms with Crippen LogP contribution in [0.25, 0.3) is 0 Å². The van der Waals surface area contributed by atoms with Crippen LogP contribution in [0.15, 0.2) is 53.6 Å². The molecular weight excluding hydrogens is 286 g/mol. The molecule has 0 aliphatic carbocycles. The maximum absolute atomic E-state index is 11.9. The van der Waals surface area contributed by atoms with E-state index in [1.165, 1.54) is 25.5 Å². The predicted molar refractivity (Wildman–Crippen MR) is 81.2 cm³/mol. The van der Waals surface area contributed by atoms with E-state index < -0.39 is 10.8 Å². The highest BCUT2D eigenvalue weighted by molar-refractivity contribution is 5.95. The number of nitrogens with one attached hydrogen (secondary N) is 1. The van der Waals surface area contributed by atoms with Gasteiger partial charge in [0.05, 0.1) is 18.2 Å². The van der Waals surface area contributed by atoms with Gasteiger partial charge in [-0.2, -0.15) is 5.10 Å². The first-order valence-electron chi connectivity index (χ1n) is 6.32. The Morgan fingerprint density at radius 3 is 2.77 bits per heavy atom. The molecule has 0 fully saturated rings. The van der Waals surface area contributed by atoms with Gasteiger partial charge in [-0.1, -0.05) is 18.2 Å². The molecule has 2 aromatic rings. The Hall–Kier alpha value is -3.22. The minimum absolute atomic E-state index is 0.0388. The molecule has 1 N–H and O–H groups in total. The maximum Gasteiger partial charge on any atom is 0.271 e. The zero-order valence-electron chi connectivity index (χ0n) is 11.7. The summed E-state index contributed by atoms with van der Waals surface area (Å²) in [5.41, 5.74) is 3.23. The molecular formula is C15H13N3O4. The fourth-order valence-corrected chi connectivity index (χ4v) is 1.71. The molecule has 2 aromatic carbocycles. The highest BCUT2D eigenvalue weighted by Crippen LogP contribution is 2.13. The smallest absolute Gasteiger partial charge is 0.271 e. The standard InChI is InChI=1S/C15H13N3O4/c1-22-14-7-3-5-12(9-14)15(19)17-16-10-11-4-2-6-13(8-11)18(20)21/h2-10H,1H3,(H,17,19). The van der Waals surface area contributed by atoms with Crippen molar-refractivity contribution in [2.45, 2.75) is 0 Å². The van der Waals surface area contributed by atoms with Crippen LogP contribution in [-0.4, -0.2) is 24.2 Å². The second-order valence-electron chi connectivity index (χ2n) is 4.28. The maximum atomic E-state index is 11.9. The molecule has 112 valence electrons. The number of nitrogens with zero attached hydrogens (tertiary/aromatic N) is 2. The van der Waals surface area contributed by atoms with Crippen LogP contribution < -0.4 is 10.2 Å². The van der Waals surface area contributed by atoms with Crippen LogP contribution >= 0.6 is 0 Å². The van der Waals surface area contributed by atoms with Crippen molar-refractivity contribution in [1.82, 2.24) is 5.43 Å². The summed E-state index contributed by atoms with van der Waals surface area (Å²) in [5, 5.41) is 14.4. The third-order valence-electron chi connectivity index (χ3n) is 2.79. The Balaban J connectivity index is 2.04. The third-order valence-corrected chi connectivity index (χ3v) is 2.79. The number of hydrogen-bond acceptors (Lipinski definition) is 5. The summed E-state index contributed by atoms with van der Waals surface area (Å²) in [7, 11) is 1.51. The van der Waals surface area contributed by atoms with Crippen molar-refractivity contribution in [3.05, 3.63) is 69.8 Å². The lowest BCUT2D eigenvalue weighted by Gasteiger charge is -2.02. The van der Waals surface area contributed by atoms with Crippen molar-refractivity contribution in [2.24, 2.45) is 5.10 Å². The van der Waals surface area contributed by atoms with Crippen molar-refractivity contribution in [3.63, 3.8) is 0 Å². The SMILES string of the molecule is COc1cccc(C(=O)NN=Cc2cccc([N+](=O)[O-])c2)c1. The number of rotatable bonds is 5. The van der Waals surface area contributed by atoms with Crippen LogP contribution in [-0.2, 0) is 0 Å². The Labute approximate surface area is 126 Å². The van der Waals surface area contributed by atoms with Crippen LogP contribution in [0.4, 0.5) is 5.69 Å². The fraction of sp³-hybridized carbons (Fsp3) is 0.0667. The Morgan fingerprint density at radius 1 is 1.27 bits per heavy atom. The summed E-state index contributed by atoms with van der Waals surface area (Å²) >= 11 is 0. The minimum Gasteiger partial charge on any atom is -0.497 e. The molecule has 0 aliphatic heterocycles. The fourth-order valence-electron chi connectivity index (χ4n) is 1.71. The van der Waals surface area contributed by atoms with Gasteiger partial charge in [-0.05, 0) is 18.2 Å². The average Bonchev–Trinajstić information content (AvgIpc) is 2.55. The molecule has 22 heavy (non-hydrogen) atoms. The lowest BCUT2D eigenvalue weighted by Crippen LogP contribution is -2.17. The Kier molecular flexibility index (Phi) is 4.81. The van der Waals surface area contributed by atoms with Gasteiger partial charge >= 0.3 is 0 Å². The van der Waals surface area contributed by atoms with Crippen LogP contribution in [0.3, 0.4) is 0 Å². The number of hydrazone groups is 1. The van der Waals surface area contributed by atoms with E-state index in [0.29, 0.717) is 16.9 Å². The number of benzene rings is 2. The van der Waals surface area contributed by atoms with Crippen molar-refractivity contribution < 1.29 is 14.5 Å². The predicted octanol–water partition coefficient (Wildman–Crippen LogP) is 2.37. The van der Waals surface area contributed by atoms with Crippen molar-refractivity contribution >= 4 is 17.8 Å². The molecule has 2 rings (SSSR count). The molecule has 7 heteroatoms. The normalized spacial score (nSPS) is 10.4. The zero-order valence-corrected chi connectivity index (χ0v) is 11.7. The molecule has 7 nitrogen and oxygen atoms in total. The van der Waals surface area contributed by atoms with E-state index in [1.54, 1.807) is 36.4 Å². The second kappa shape index (κ2) is 6.98. The topological polar surface area (TPSA) is 93.8 Å². The quantitative estimate of drug-likeness (QED) is 0.521. The number of carbonyl (C=O) groups excluding carboxylic acids is 1. The number of methoxy groups -OCH3 is 1. The van der Waals surface area contributed by atoms with Crippen LogP contribution in [0.1, 0.15) is 15.9 Å². The van der Waals surface area contributed by atoms with Gasteiger partial charge in [0.1, 0.15) is 5.75 Å². The van der Waals surface area contributed by atoms with Gasteiger partial charge in [0, 0.05) is 23.3 Å². The van der Waals surface area contributed by atoms with E-state index in [9.17, 15) is 14.9 Å². The van der Waals surface area contributed by atoms with E-state index in [2.05, 4.69) is 10.5 Å². The van der Waals surface area contributed by atoms with Gasteiger partial charge in [0.15, 0.2) is 0 Å². The van der Waals surface area contributed by atoms with E-state index >= 15 is 0 Å². The van der Waals surface area contributed by atoms with Crippen LogP contribution in [0.2, 0.25) is 0 Å². The summed E-state index contributed by atoms with van der Waals surface area (Å²) in [4.78, 5) is 22.1. The number of nitro benzene ring substituents is 1. The first-order valence-corrected chi connectivity index (χ1v) is 6.32. The zero-order chi connectivity index (χ0) is 15.9. The third kappa shape index (κ3) is 3.89. The van der Waals surface area contributed by atoms with Gasteiger partial charge in [-0.15, -0.1) is 0 Å². The summed E-state index contributed by atoms with van der Waals surface area (Å²) in [6.45, 7) is 0. The van der Waals surface area contributed by atoms with E-state index in [0.717, 1.165) is 0 Å². The first-order chi connectivity index (χ1) is 10.6. The molecule has 0 aromatic heterocycles. The van der Waals surface area contributed by atoms with Crippen LogP contribution in [0.5, 0.6) is 5.75 Å². The molecule has 0 saturated heterocycles. The summed E-state index contributed by atoms with van der Waals surface area (Å²) in [5.74, 6) is 0.163. The van der Waals surface area contributed by atoms with Gasteiger partial charge in [0.2, 0.25) is 0 Å². The second-order valence-corrected chi connectivity index (χ2v) is 4.28. The number of amides is 1. The van der Waals surface area contributed by atoms with E-state index in [1.807, 2.05) is 0 Å². The van der Waals surface area contributed by atoms with Crippen molar-refractivity contribution in [1.29, 1.82) is 0 Å². The average molecular weight is 299 g/mol. The van der Waals surface area contributed by atoms with Gasteiger partial charge < -0.3 is 4.74 Å².